The fraction of sp³-hybridized carbons (Fsp3) is 0.400. The first-order valence-corrected chi connectivity index (χ1v) is 4.74. The van der Waals surface area contributed by atoms with Crippen LogP contribution in [0.25, 0.3) is 5.78 Å². The van der Waals surface area contributed by atoms with Crippen LogP contribution in [0.2, 0.25) is 0 Å². The molecule has 0 saturated heterocycles. The van der Waals surface area contributed by atoms with Gasteiger partial charge in [-0.2, -0.15) is 0 Å². The molecule has 4 heteroatoms. The number of imidazole rings is 1. The smallest absolute Gasteiger partial charge is 0.233 e. The number of aromatic nitrogens is 3. The average molecular weight is 190 g/mol. The molecule has 0 fully saturated rings. The third kappa shape index (κ3) is 1.75. The van der Waals surface area contributed by atoms with Gasteiger partial charge in [0, 0.05) is 31.6 Å². The number of hydrogen-bond donors (Lipinski definition) is 1. The summed E-state index contributed by atoms with van der Waals surface area (Å²) >= 11 is 0. The molecular weight excluding hydrogens is 176 g/mol. The molecule has 0 unspecified atom stereocenters. The molecule has 0 aromatic carbocycles. The highest BCUT2D eigenvalue weighted by Crippen LogP contribution is 2.04. The minimum Gasteiger partial charge on any atom is -0.319 e. The summed E-state index contributed by atoms with van der Waals surface area (Å²) in [7, 11) is 1.94. The summed E-state index contributed by atoms with van der Waals surface area (Å²) in [6.45, 7) is 2.97. The zero-order chi connectivity index (χ0) is 9.97. The van der Waals surface area contributed by atoms with E-state index in [1.807, 2.05) is 37.0 Å². The topological polar surface area (TPSA) is 42.2 Å². The zero-order valence-corrected chi connectivity index (χ0v) is 8.49. The van der Waals surface area contributed by atoms with E-state index in [1.165, 1.54) is 0 Å². The molecule has 14 heavy (non-hydrogen) atoms. The Balaban J connectivity index is 2.32. The second kappa shape index (κ2) is 3.75. The minimum atomic E-state index is 0.779. The van der Waals surface area contributed by atoms with E-state index in [1.54, 1.807) is 0 Å². The van der Waals surface area contributed by atoms with Gasteiger partial charge in [0.05, 0.1) is 5.69 Å². The molecule has 2 heterocycles. The summed E-state index contributed by atoms with van der Waals surface area (Å²) in [6.07, 6.45) is 6.86. The Kier molecular flexibility index (Phi) is 2.45. The van der Waals surface area contributed by atoms with E-state index in [9.17, 15) is 0 Å². The van der Waals surface area contributed by atoms with Gasteiger partial charge >= 0.3 is 0 Å². The lowest BCUT2D eigenvalue weighted by Gasteiger charge is -1.92. The van der Waals surface area contributed by atoms with Crippen molar-refractivity contribution in [1.29, 1.82) is 0 Å². The van der Waals surface area contributed by atoms with Crippen molar-refractivity contribution in [2.75, 3.05) is 13.6 Å². The molecule has 0 radical (unpaired) electrons. The standard InChI is InChI=1S/C10H14N4/c1-8-5-12-10-13-9(3-4-11-2)7-14(10)6-8/h5-7,11H,3-4H2,1-2H3. The van der Waals surface area contributed by atoms with Crippen molar-refractivity contribution in [3.63, 3.8) is 0 Å². The Morgan fingerprint density at radius 3 is 3.07 bits per heavy atom. The Hall–Kier alpha value is -1.42. The monoisotopic (exact) mass is 190 g/mol. The van der Waals surface area contributed by atoms with Crippen LogP contribution in [0, 0.1) is 6.92 Å². The zero-order valence-electron chi connectivity index (χ0n) is 8.49. The lowest BCUT2D eigenvalue weighted by Crippen LogP contribution is -2.10. The second-order valence-electron chi connectivity index (χ2n) is 3.42. The van der Waals surface area contributed by atoms with Crippen molar-refractivity contribution in [2.24, 2.45) is 0 Å². The van der Waals surface area contributed by atoms with Gasteiger partial charge in [0.25, 0.3) is 0 Å². The first-order chi connectivity index (χ1) is 6.79. The van der Waals surface area contributed by atoms with Crippen molar-refractivity contribution in [2.45, 2.75) is 13.3 Å². The molecule has 0 aliphatic carbocycles. The first-order valence-electron chi connectivity index (χ1n) is 4.74. The lowest BCUT2D eigenvalue weighted by molar-refractivity contribution is 0.780. The molecule has 0 amide bonds. The molecule has 0 aliphatic rings. The van der Waals surface area contributed by atoms with E-state index < -0.39 is 0 Å². The molecule has 1 N–H and O–H groups in total. The maximum atomic E-state index is 4.40. The van der Waals surface area contributed by atoms with Gasteiger partial charge in [-0.3, -0.25) is 4.40 Å². The van der Waals surface area contributed by atoms with Gasteiger partial charge in [-0.15, -0.1) is 0 Å². The van der Waals surface area contributed by atoms with Crippen LogP contribution in [-0.4, -0.2) is 28.0 Å². The van der Waals surface area contributed by atoms with Gasteiger partial charge in [-0.1, -0.05) is 0 Å². The van der Waals surface area contributed by atoms with Gasteiger partial charge < -0.3 is 5.32 Å². The quantitative estimate of drug-likeness (QED) is 0.778. The fourth-order valence-corrected chi connectivity index (χ4v) is 1.41. The molecule has 4 nitrogen and oxygen atoms in total. The van der Waals surface area contributed by atoms with Gasteiger partial charge in [-0.05, 0) is 19.5 Å². The molecule has 0 saturated carbocycles. The van der Waals surface area contributed by atoms with Crippen molar-refractivity contribution in [3.05, 3.63) is 29.8 Å². The second-order valence-corrected chi connectivity index (χ2v) is 3.42. The van der Waals surface area contributed by atoms with E-state index in [-0.39, 0.29) is 0 Å². The van der Waals surface area contributed by atoms with Crippen LogP contribution < -0.4 is 5.32 Å². The molecular formula is C10H14N4. The Labute approximate surface area is 83.0 Å². The molecule has 0 bridgehead atoms. The first kappa shape index (κ1) is 9.15. The summed E-state index contributed by atoms with van der Waals surface area (Å²) in [6, 6.07) is 0. The fourth-order valence-electron chi connectivity index (χ4n) is 1.41. The molecule has 0 atom stereocenters. The van der Waals surface area contributed by atoms with Crippen LogP contribution in [0.3, 0.4) is 0 Å². The normalized spacial score (nSPS) is 11.0. The number of nitrogens with one attached hydrogen (secondary N) is 1. The van der Waals surface area contributed by atoms with Crippen LogP contribution in [-0.2, 0) is 6.42 Å². The largest absolute Gasteiger partial charge is 0.319 e. The van der Waals surface area contributed by atoms with Gasteiger partial charge in [0.15, 0.2) is 0 Å². The number of rotatable bonds is 3. The van der Waals surface area contributed by atoms with Gasteiger partial charge in [0.1, 0.15) is 0 Å². The lowest BCUT2D eigenvalue weighted by atomic mass is 10.3. The maximum absolute atomic E-state index is 4.40. The number of aryl methyl sites for hydroxylation is 1. The van der Waals surface area contributed by atoms with Crippen molar-refractivity contribution in [1.82, 2.24) is 19.7 Å². The van der Waals surface area contributed by atoms with Crippen LogP contribution in [0.5, 0.6) is 0 Å². The molecule has 0 spiro atoms. The highest BCUT2D eigenvalue weighted by atomic mass is 15.1. The SMILES string of the molecule is CNCCc1cn2cc(C)cnc2n1. The minimum absolute atomic E-state index is 0.779. The molecule has 2 rings (SSSR count). The van der Waals surface area contributed by atoms with E-state index in [0.29, 0.717) is 0 Å². The van der Waals surface area contributed by atoms with Gasteiger partial charge in [-0.25, -0.2) is 9.97 Å². The van der Waals surface area contributed by atoms with Crippen molar-refractivity contribution < 1.29 is 0 Å². The average Bonchev–Trinajstić information content (AvgIpc) is 2.56. The van der Waals surface area contributed by atoms with Crippen LogP contribution in [0.15, 0.2) is 18.6 Å². The van der Waals surface area contributed by atoms with E-state index in [2.05, 4.69) is 15.3 Å². The molecule has 74 valence electrons. The molecule has 2 aromatic heterocycles. The number of nitrogens with zero attached hydrogens (tertiary/aromatic N) is 3. The summed E-state index contributed by atoms with van der Waals surface area (Å²) in [5.74, 6) is 0.779. The highest BCUT2D eigenvalue weighted by molar-refractivity contribution is 5.31. The summed E-state index contributed by atoms with van der Waals surface area (Å²) in [4.78, 5) is 8.64. The number of likely N-dealkylation sites (N-methyl/N-ethyl adjacent to an activating group) is 1. The maximum Gasteiger partial charge on any atom is 0.233 e. The van der Waals surface area contributed by atoms with E-state index in [4.69, 9.17) is 0 Å². The van der Waals surface area contributed by atoms with E-state index >= 15 is 0 Å². The number of fused-ring (bicyclic) bond motifs is 1. The van der Waals surface area contributed by atoms with Gasteiger partial charge in [0.2, 0.25) is 5.78 Å². The Morgan fingerprint density at radius 1 is 1.43 bits per heavy atom. The highest BCUT2D eigenvalue weighted by Gasteiger charge is 2.01. The summed E-state index contributed by atoms with van der Waals surface area (Å²) in [5, 5.41) is 3.10. The van der Waals surface area contributed by atoms with Crippen molar-refractivity contribution in [3.8, 4) is 0 Å². The van der Waals surface area contributed by atoms with Crippen LogP contribution in [0.1, 0.15) is 11.3 Å². The third-order valence-corrected chi connectivity index (χ3v) is 2.12. The summed E-state index contributed by atoms with van der Waals surface area (Å²) < 4.78 is 1.97. The predicted octanol–water partition coefficient (Wildman–Crippen LogP) is 0.800. The molecule has 2 aromatic rings. The Morgan fingerprint density at radius 2 is 2.29 bits per heavy atom. The number of hydrogen-bond acceptors (Lipinski definition) is 3. The predicted molar refractivity (Wildman–Crippen MR) is 55.4 cm³/mol. The molecule has 0 aliphatic heterocycles. The van der Waals surface area contributed by atoms with E-state index in [0.717, 1.165) is 30.0 Å². The van der Waals surface area contributed by atoms with Crippen molar-refractivity contribution >= 4 is 5.78 Å². The Bertz CT molecular complexity index is 433. The van der Waals surface area contributed by atoms with Crippen LogP contribution >= 0.6 is 0 Å². The summed E-state index contributed by atoms with van der Waals surface area (Å²) in [5.41, 5.74) is 2.23. The van der Waals surface area contributed by atoms with Crippen LogP contribution in [0.4, 0.5) is 0 Å². The third-order valence-electron chi connectivity index (χ3n) is 2.12.